The van der Waals surface area contributed by atoms with Crippen molar-refractivity contribution >= 4 is 55.3 Å². The van der Waals surface area contributed by atoms with Gasteiger partial charge in [-0.15, -0.1) is 0 Å². The van der Waals surface area contributed by atoms with Gasteiger partial charge in [0.1, 0.15) is 6.04 Å². The largest absolute Gasteiger partial charge is 0.310 e. The summed E-state index contributed by atoms with van der Waals surface area (Å²) in [5, 5.41) is 14.6. The molecule has 1 heterocycles. The van der Waals surface area contributed by atoms with E-state index >= 15 is 0 Å². The van der Waals surface area contributed by atoms with E-state index in [2.05, 4.69) is 248 Å². The smallest absolute Gasteiger partial charge is 0.121 e. The van der Waals surface area contributed by atoms with Crippen LogP contribution < -0.4 is 4.90 Å². The Labute approximate surface area is 385 Å². The van der Waals surface area contributed by atoms with Crippen molar-refractivity contribution in [3.8, 4) is 27.9 Å². The highest BCUT2D eigenvalue weighted by Gasteiger charge is 2.36. The van der Waals surface area contributed by atoms with Crippen LogP contribution in [0.15, 0.2) is 247 Å². The van der Waals surface area contributed by atoms with Crippen molar-refractivity contribution in [1.82, 2.24) is 4.57 Å². The number of hydrogen-bond acceptors (Lipinski definition) is 3. The highest BCUT2D eigenvalue weighted by atomic mass is 15.1. The number of hydrogen-bond donors (Lipinski definition) is 0. The number of aromatic nitrogens is 1. The first kappa shape index (κ1) is 39.3. The summed E-state index contributed by atoms with van der Waals surface area (Å²) in [5.41, 5.74) is 17.4. The zero-order valence-electron chi connectivity index (χ0n) is 36.9. The van der Waals surface area contributed by atoms with Crippen LogP contribution in [-0.2, 0) is 5.41 Å². The SMILES string of the molecule is CC1(C)c2ccccc2-c2ccc(N(c3ccc(-c4cccc5c(N=NC(c6ccccc6)c6ccccc6)cccc45)cc3)c3ccc4c(c3)c3ccccc3n4-c3ccccc3)cc21. The fourth-order valence-electron chi connectivity index (χ4n) is 10.4. The molecule has 0 fully saturated rings. The molecule has 0 amide bonds. The Hall–Kier alpha value is -8.34. The fourth-order valence-corrected chi connectivity index (χ4v) is 10.4. The summed E-state index contributed by atoms with van der Waals surface area (Å²) in [6, 6.07) is 84.8. The summed E-state index contributed by atoms with van der Waals surface area (Å²) in [6.07, 6.45) is 0. The predicted molar refractivity (Wildman–Crippen MR) is 275 cm³/mol. The number of anilines is 3. The molecule has 0 bridgehead atoms. The van der Waals surface area contributed by atoms with Gasteiger partial charge in [-0.1, -0.05) is 184 Å². The topological polar surface area (TPSA) is 32.9 Å². The molecule has 1 aliphatic carbocycles. The Morgan fingerprint density at radius 3 is 1.74 bits per heavy atom. The molecular formula is C62H46N4. The maximum atomic E-state index is 4.99. The van der Waals surface area contributed by atoms with E-state index in [-0.39, 0.29) is 11.5 Å². The lowest BCUT2D eigenvalue weighted by Gasteiger charge is -2.28. The second-order valence-electron chi connectivity index (χ2n) is 17.8. The van der Waals surface area contributed by atoms with Crippen molar-refractivity contribution in [3.05, 3.63) is 259 Å². The summed E-state index contributed by atoms with van der Waals surface area (Å²) in [7, 11) is 0. The van der Waals surface area contributed by atoms with E-state index < -0.39 is 0 Å². The fraction of sp³-hybridized carbons (Fsp3) is 0.0645. The molecule has 66 heavy (non-hydrogen) atoms. The molecule has 1 aromatic heterocycles. The Morgan fingerprint density at radius 1 is 0.409 bits per heavy atom. The third kappa shape index (κ3) is 6.61. The van der Waals surface area contributed by atoms with Crippen LogP contribution in [0.1, 0.15) is 42.1 Å². The monoisotopic (exact) mass is 846 g/mol. The Bertz CT molecular complexity index is 3570. The van der Waals surface area contributed by atoms with Gasteiger partial charge in [0.2, 0.25) is 0 Å². The predicted octanol–water partition coefficient (Wildman–Crippen LogP) is 17.3. The van der Waals surface area contributed by atoms with Crippen LogP contribution in [0.25, 0.3) is 60.5 Å². The van der Waals surface area contributed by atoms with E-state index in [1.165, 1.54) is 44.1 Å². The van der Waals surface area contributed by atoms with Gasteiger partial charge >= 0.3 is 0 Å². The molecule has 314 valence electrons. The lowest BCUT2D eigenvalue weighted by atomic mass is 9.82. The summed E-state index contributed by atoms with van der Waals surface area (Å²) < 4.78 is 2.38. The lowest BCUT2D eigenvalue weighted by molar-refractivity contribution is 0.660. The number of benzene rings is 10. The Morgan fingerprint density at radius 2 is 0.970 bits per heavy atom. The molecule has 4 nitrogen and oxygen atoms in total. The maximum absolute atomic E-state index is 4.99. The van der Waals surface area contributed by atoms with Gasteiger partial charge in [-0.2, -0.15) is 10.2 Å². The van der Waals surface area contributed by atoms with Gasteiger partial charge in [-0.3, -0.25) is 0 Å². The third-order valence-corrected chi connectivity index (χ3v) is 13.6. The van der Waals surface area contributed by atoms with Crippen molar-refractivity contribution in [2.75, 3.05) is 4.90 Å². The molecule has 0 saturated heterocycles. The molecule has 0 aliphatic heterocycles. The van der Waals surface area contributed by atoms with Crippen molar-refractivity contribution < 1.29 is 0 Å². The quantitative estimate of drug-likeness (QED) is 0.133. The number of rotatable bonds is 9. The molecule has 1 aliphatic rings. The summed E-state index contributed by atoms with van der Waals surface area (Å²) in [5.74, 6) is 0. The van der Waals surface area contributed by atoms with Crippen molar-refractivity contribution in [3.63, 3.8) is 0 Å². The van der Waals surface area contributed by atoms with Gasteiger partial charge in [-0.25, -0.2) is 0 Å². The molecule has 0 saturated carbocycles. The molecule has 0 unspecified atom stereocenters. The number of nitrogens with zero attached hydrogens (tertiary/aromatic N) is 4. The van der Waals surface area contributed by atoms with E-state index in [9.17, 15) is 0 Å². The van der Waals surface area contributed by atoms with E-state index in [1.54, 1.807) is 0 Å². The first-order valence-electron chi connectivity index (χ1n) is 22.8. The zero-order valence-corrected chi connectivity index (χ0v) is 36.9. The van der Waals surface area contributed by atoms with E-state index in [4.69, 9.17) is 10.2 Å². The van der Waals surface area contributed by atoms with Gasteiger partial charge in [0.05, 0.1) is 16.7 Å². The summed E-state index contributed by atoms with van der Waals surface area (Å²) in [6.45, 7) is 4.71. The van der Waals surface area contributed by atoms with Gasteiger partial charge in [0.15, 0.2) is 0 Å². The third-order valence-electron chi connectivity index (χ3n) is 13.6. The molecule has 4 heteroatoms. The van der Waals surface area contributed by atoms with Crippen LogP contribution in [0.5, 0.6) is 0 Å². The Kier molecular flexibility index (Phi) is 9.53. The Balaban J connectivity index is 0.966. The van der Waals surface area contributed by atoms with Crippen LogP contribution in [0, 0.1) is 0 Å². The van der Waals surface area contributed by atoms with Crippen LogP contribution in [0.4, 0.5) is 22.7 Å². The first-order chi connectivity index (χ1) is 32.5. The number of azo groups is 1. The molecule has 12 rings (SSSR count). The maximum Gasteiger partial charge on any atom is 0.121 e. The average Bonchev–Trinajstić information content (AvgIpc) is 3.82. The minimum atomic E-state index is -0.211. The minimum Gasteiger partial charge on any atom is -0.310 e. The van der Waals surface area contributed by atoms with Crippen molar-refractivity contribution in [2.45, 2.75) is 25.3 Å². The molecule has 11 aromatic rings. The van der Waals surface area contributed by atoms with Crippen LogP contribution in [0.2, 0.25) is 0 Å². The van der Waals surface area contributed by atoms with Crippen molar-refractivity contribution in [2.24, 2.45) is 10.2 Å². The molecule has 10 aromatic carbocycles. The van der Waals surface area contributed by atoms with Crippen molar-refractivity contribution in [1.29, 1.82) is 0 Å². The van der Waals surface area contributed by atoms with Gasteiger partial charge in [0.25, 0.3) is 0 Å². The highest BCUT2D eigenvalue weighted by Crippen LogP contribution is 2.51. The van der Waals surface area contributed by atoms with E-state index in [0.717, 1.165) is 61.5 Å². The lowest BCUT2D eigenvalue weighted by Crippen LogP contribution is -2.16. The normalized spacial score (nSPS) is 12.9. The number of para-hydroxylation sites is 2. The molecule has 0 radical (unpaired) electrons. The van der Waals surface area contributed by atoms with Gasteiger partial charge < -0.3 is 9.47 Å². The zero-order chi connectivity index (χ0) is 44.2. The van der Waals surface area contributed by atoms with Crippen LogP contribution in [0.3, 0.4) is 0 Å². The minimum absolute atomic E-state index is 0.138. The summed E-state index contributed by atoms with van der Waals surface area (Å²) in [4.78, 5) is 2.43. The second-order valence-corrected chi connectivity index (χ2v) is 17.8. The van der Waals surface area contributed by atoms with E-state index in [1.807, 2.05) is 12.1 Å². The average molecular weight is 847 g/mol. The van der Waals surface area contributed by atoms with Gasteiger partial charge in [0, 0.05) is 44.3 Å². The van der Waals surface area contributed by atoms with Crippen LogP contribution in [-0.4, -0.2) is 4.57 Å². The first-order valence-corrected chi connectivity index (χ1v) is 22.8. The standard InChI is InChI=1S/C62H46N4/c1-62(2)56-29-14-12-24-51(56)52-38-36-48(41-57(52)62)65(47-37-39-60-55(40-47)54-25-13-15-31-59(54)66(60)45-22-10-5-11-23-45)46-34-32-42(33-35-46)49-26-16-28-53-50(49)27-17-30-58(53)63-64-61(43-18-6-3-7-19-43)44-20-8-4-9-21-44/h3-41,61H,1-2H3. The molecule has 0 N–H and O–H groups in total. The van der Waals surface area contributed by atoms with Crippen LogP contribution >= 0.6 is 0 Å². The molecule has 0 spiro atoms. The number of fused-ring (bicyclic) bond motifs is 7. The molecule has 0 atom stereocenters. The summed E-state index contributed by atoms with van der Waals surface area (Å²) >= 11 is 0. The second kappa shape index (κ2) is 16.0. The highest BCUT2D eigenvalue weighted by molar-refractivity contribution is 6.11. The molecular weight excluding hydrogens is 801 g/mol. The van der Waals surface area contributed by atoms with Gasteiger partial charge in [-0.05, 0) is 117 Å². The van der Waals surface area contributed by atoms with E-state index in [0.29, 0.717) is 0 Å².